The van der Waals surface area contributed by atoms with E-state index in [1.165, 1.54) is 18.7 Å². The molecule has 0 saturated heterocycles. The smallest absolute Gasteiger partial charge is 0.781 e. The Morgan fingerprint density at radius 3 is 2.00 bits per heavy atom. The maximum absolute atomic E-state index is 10.4. The summed E-state index contributed by atoms with van der Waals surface area (Å²) in [5.74, 6) is 0. The average Bonchev–Trinajstić information content (AvgIpc) is 2.00. The van der Waals surface area contributed by atoms with Crippen LogP contribution in [0.1, 0.15) is 27.2 Å². The van der Waals surface area contributed by atoms with Crippen molar-refractivity contribution in [3.63, 3.8) is 0 Å². The minimum absolute atomic E-state index is 0. The molecule has 0 aliphatic carbocycles. The second-order valence-electron chi connectivity index (χ2n) is 2.94. The molecule has 0 aromatic carbocycles. The van der Waals surface area contributed by atoms with Crippen molar-refractivity contribution in [2.45, 2.75) is 45.9 Å². The molecule has 4 atom stereocenters. The zero-order valence-electron chi connectivity index (χ0n) is 9.51. The third kappa shape index (κ3) is 7.05. The van der Waals surface area contributed by atoms with Gasteiger partial charge < -0.3 is 24.2 Å². The van der Waals surface area contributed by atoms with Crippen molar-refractivity contribution in [3.8, 4) is 0 Å². The van der Waals surface area contributed by atoms with Gasteiger partial charge in [-0.2, -0.15) is 0 Å². The normalized spacial score (nSPS) is 19.1. The van der Waals surface area contributed by atoms with Gasteiger partial charge in [0, 0.05) is 0 Å². The summed E-state index contributed by atoms with van der Waals surface area (Å²) in [5, 5.41) is 18.6. The second-order valence-corrected chi connectivity index (χ2v) is 3.68. The van der Waals surface area contributed by atoms with E-state index in [0.717, 1.165) is 0 Å². The van der Waals surface area contributed by atoms with Gasteiger partial charge in [-0.15, -0.1) is 0 Å². The molecular formula is C7H17NNaO5P. The van der Waals surface area contributed by atoms with Crippen LogP contribution in [-0.4, -0.2) is 33.8 Å². The van der Waals surface area contributed by atoms with E-state index in [9.17, 15) is 19.7 Å². The van der Waals surface area contributed by atoms with Crippen LogP contribution in [0.5, 0.6) is 0 Å². The van der Waals surface area contributed by atoms with Crippen molar-refractivity contribution in [1.29, 1.82) is 0 Å². The van der Waals surface area contributed by atoms with Gasteiger partial charge in [0.25, 0.3) is 0 Å². The van der Waals surface area contributed by atoms with Crippen LogP contribution in [0.2, 0.25) is 0 Å². The molecule has 0 rings (SSSR count). The molecule has 0 fully saturated rings. The summed E-state index contributed by atoms with van der Waals surface area (Å²) >= 11 is 0. The Kier molecular flexibility index (Phi) is 11.2. The van der Waals surface area contributed by atoms with E-state index in [1.54, 1.807) is 6.92 Å². The molecule has 6 nitrogen and oxygen atoms in total. The van der Waals surface area contributed by atoms with Crippen molar-refractivity contribution in [1.82, 2.24) is 4.90 Å². The summed E-state index contributed by atoms with van der Waals surface area (Å²) in [5.41, 5.74) is 0. The molecule has 15 heavy (non-hydrogen) atoms. The third-order valence-electron chi connectivity index (χ3n) is 1.78. The monoisotopic (exact) mass is 249 g/mol. The third-order valence-corrected chi connectivity index (χ3v) is 2.24. The van der Waals surface area contributed by atoms with E-state index in [0.29, 0.717) is 6.42 Å². The van der Waals surface area contributed by atoms with Gasteiger partial charge in [0.05, 0.1) is 0 Å². The second kappa shape index (κ2) is 9.10. The fraction of sp³-hybridized carbons (Fsp3) is 1.00. The molecule has 8 heteroatoms. The molecule has 0 aromatic heterocycles. The summed E-state index contributed by atoms with van der Waals surface area (Å²) in [6.45, 7) is 4.56. The number of hydrogen-bond donors (Lipinski definition) is 2. The Hall–Kier alpha value is 1.03. The Bertz CT molecular complexity index is 184. The van der Waals surface area contributed by atoms with Crippen molar-refractivity contribution in [2.75, 3.05) is 0 Å². The zero-order valence-corrected chi connectivity index (χ0v) is 12.5. The van der Waals surface area contributed by atoms with E-state index in [-0.39, 0.29) is 29.6 Å². The number of rotatable bonds is 6. The molecule has 0 aliphatic heterocycles. The van der Waals surface area contributed by atoms with Gasteiger partial charge in [0.1, 0.15) is 26.9 Å². The Morgan fingerprint density at radius 2 is 1.80 bits per heavy atom. The zero-order chi connectivity index (χ0) is 11.3. The van der Waals surface area contributed by atoms with E-state index in [4.69, 9.17) is 0 Å². The van der Waals surface area contributed by atoms with Crippen LogP contribution in [0.4, 0.5) is 0 Å². The van der Waals surface area contributed by atoms with Crippen LogP contribution in [0, 0.1) is 0 Å². The molecule has 0 spiro atoms. The van der Waals surface area contributed by atoms with E-state index < -0.39 is 26.9 Å². The molecule has 0 heterocycles. The first-order valence-electron chi connectivity index (χ1n) is 4.41. The summed E-state index contributed by atoms with van der Waals surface area (Å²) in [4.78, 5) is 11.5. The first-order chi connectivity index (χ1) is 6.40. The van der Waals surface area contributed by atoms with Crippen LogP contribution >= 0.6 is 8.25 Å². The van der Waals surface area contributed by atoms with E-state index >= 15 is 0 Å². The van der Waals surface area contributed by atoms with Gasteiger partial charge >= 0.3 is 29.6 Å². The topological polar surface area (TPSA) is 93.1 Å². The Morgan fingerprint density at radius 1 is 1.40 bits per heavy atom. The van der Waals surface area contributed by atoms with Crippen LogP contribution in [0.25, 0.3) is 0 Å². The predicted molar refractivity (Wildman–Crippen MR) is 49.4 cm³/mol. The fourth-order valence-corrected chi connectivity index (χ4v) is 1.77. The molecule has 0 radical (unpaired) electrons. The molecule has 86 valence electrons. The van der Waals surface area contributed by atoms with Gasteiger partial charge in [0.15, 0.2) is 0 Å². The van der Waals surface area contributed by atoms with Crippen molar-refractivity contribution in [2.24, 2.45) is 0 Å². The molecule has 0 amide bonds. The standard InChI is InChI=1S/C7H18NO5P.Na/c1-4-7(13-14(11)12)8(5(2)9)6(3)10;/h5-7,9-10,14H,4H2,1-3H3,(H,11,12);/q;+1/p-1. The number of nitrogens with zero attached hydrogens (tertiary/aromatic N) is 1. The minimum atomic E-state index is -3.32. The van der Waals surface area contributed by atoms with Gasteiger partial charge in [-0.1, -0.05) is 6.92 Å². The Labute approximate surface area is 112 Å². The number of aliphatic hydroxyl groups is 2. The van der Waals surface area contributed by atoms with Gasteiger partial charge in [0.2, 0.25) is 0 Å². The maximum atomic E-state index is 10.4. The number of hydrogen-bond acceptors (Lipinski definition) is 6. The maximum Gasteiger partial charge on any atom is 1.00 e. The Balaban J connectivity index is 0. The van der Waals surface area contributed by atoms with Crippen LogP contribution in [0.3, 0.4) is 0 Å². The largest absolute Gasteiger partial charge is 1.00 e. The molecular weight excluding hydrogens is 232 g/mol. The van der Waals surface area contributed by atoms with Crippen LogP contribution < -0.4 is 34.5 Å². The molecule has 0 bridgehead atoms. The minimum Gasteiger partial charge on any atom is -0.781 e. The fourth-order valence-electron chi connectivity index (χ4n) is 1.26. The van der Waals surface area contributed by atoms with Gasteiger partial charge in [-0.25, -0.2) is 4.90 Å². The first kappa shape index (κ1) is 18.4. The SMILES string of the molecule is CCC(O[PH](=O)[O-])N(C(C)O)C(C)O.[Na+]. The van der Waals surface area contributed by atoms with Crippen molar-refractivity contribution >= 4 is 8.25 Å². The van der Waals surface area contributed by atoms with Crippen molar-refractivity contribution in [3.05, 3.63) is 0 Å². The molecule has 2 N–H and O–H groups in total. The average molecular weight is 249 g/mol. The number of aliphatic hydroxyl groups excluding tert-OH is 2. The summed E-state index contributed by atoms with van der Waals surface area (Å²) in [6, 6.07) is 0. The van der Waals surface area contributed by atoms with Gasteiger partial charge in [-0.05, 0) is 20.3 Å². The van der Waals surface area contributed by atoms with Gasteiger partial charge in [-0.3, -0.25) is 0 Å². The molecule has 0 aromatic rings. The first-order valence-corrected chi connectivity index (χ1v) is 5.63. The summed E-state index contributed by atoms with van der Waals surface area (Å²) in [6.07, 6.45) is -2.41. The predicted octanol–water partition coefficient (Wildman–Crippen LogP) is -3.53. The summed E-state index contributed by atoms with van der Waals surface area (Å²) in [7, 11) is -3.32. The molecule has 4 unspecified atom stereocenters. The quantitative estimate of drug-likeness (QED) is 0.288. The summed E-state index contributed by atoms with van der Waals surface area (Å²) < 4.78 is 15.0. The molecule has 0 saturated carbocycles. The molecule has 0 aliphatic rings. The van der Waals surface area contributed by atoms with E-state index in [2.05, 4.69) is 4.52 Å². The van der Waals surface area contributed by atoms with E-state index in [1.807, 2.05) is 0 Å². The van der Waals surface area contributed by atoms with Crippen LogP contribution in [0.15, 0.2) is 0 Å². The van der Waals surface area contributed by atoms with Crippen molar-refractivity contribution < 1.29 is 53.8 Å². The van der Waals surface area contributed by atoms with Crippen LogP contribution in [-0.2, 0) is 9.09 Å².